The molecular formula is C38H64N4O6S. The molecule has 1 saturated heterocycles. The van der Waals surface area contributed by atoms with Gasteiger partial charge < -0.3 is 25.0 Å². The summed E-state index contributed by atoms with van der Waals surface area (Å²) in [4.78, 5) is 57.2. The van der Waals surface area contributed by atoms with Gasteiger partial charge in [-0.1, -0.05) is 78.3 Å². The zero-order chi connectivity index (χ0) is 36.7. The molecule has 0 bridgehead atoms. The SMILES string of the molecule is CCC(C)C(NCC(=O)C(NC(=O)C(C(C)C)N(C)C)C(C)C)C(CC(=O)N1CCCC1C(CC(=O)OCCc1ccccc1)SC)OC. The van der Waals surface area contributed by atoms with Crippen LogP contribution in [0.5, 0.6) is 0 Å². The number of hydrogen-bond acceptors (Lipinski definition) is 9. The lowest BCUT2D eigenvalue weighted by Gasteiger charge is -2.35. The summed E-state index contributed by atoms with van der Waals surface area (Å²) >= 11 is 1.60. The van der Waals surface area contributed by atoms with Gasteiger partial charge in [0, 0.05) is 37.4 Å². The lowest BCUT2D eigenvalue weighted by atomic mass is 9.91. The average molecular weight is 705 g/mol. The van der Waals surface area contributed by atoms with Crippen molar-refractivity contribution >= 4 is 35.3 Å². The number of nitrogens with zero attached hydrogens (tertiary/aromatic N) is 2. The van der Waals surface area contributed by atoms with E-state index >= 15 is 0 Å². The molecular weight excluding hydrogens is 641 g/mol. The number of nitrogens with one attached hydrogen (secondary N) is 2. The largest absolute Gasteiger partial charge is 0.465 e. The molecule has 0 aliphatic carbocycles. The molecule has 2 N–H and O–H groups in total. The van der Waals surface area contributed by atoms with Gasteiger partial charge in [0.2, 0.25) is 11.8 Å². The Bertz CT molecular complexity index is 1160. The van der Waals surface area contributed by atoms with Gasteiger partial charge in [-0.25, -0.2) is 0 Å². The van der Waals surface area contributed by atoms with Gasteiger partial charge in [0.25, 0.3) is 0 Å². The molecule has 11 heteroatoms. The lowest BCUT2D eigenvalue weighted by Crippen LogP contribution is -2.56. The number of Topliss-reactive ketones (excluding diaryl/α,β-unsaturated/α-hetero) is 1. The van der Waals surface area contributed by atoms with Gasteiger partial charge in [-0.15, -0.1) is 0 Å². The van der Waals surface area contributed by atoms with E-state index in [4.69, 9.17) is 9.47 Å². The van der Waals surface area contributed by atoms with Crippen LogP contribution in [0.25, 0.3) is 0 Å². The Morgan fingerprint density at radius 2 is 1.69 bits per heavy atom. The quantitative estimate of drug-likeness (QED) is 0.167. The molecule has 49 heavy (non-hydrogen) atoms. The van der Waals surface area contributed by atoms with Gasteiger partial charge in [0.15, 0.2) is 5.78 Å². The molecule has 7 atom stereocenters. The highest BCUT2D eigenvalue weighted by Gasteiger charge is 2.38. The normalized spacial score (nSPS) is 18.6. The topological polar surface area (TPSA) is 117 Å². The van der Waals surface area contributed by atoms with Crippen LogP contribution in [0.15, 0.2) is 30.3 Å². The predicted octanol–water partition coefficient (Wildman–Crippen LogP) is 4.59. The highest BCUT2D eigenvalue weighted by Crippen LogP contribution is 2.30. The van der Waals surface area contributed by atoms with E-state index in [1.807, 2.05) is 88.2 Å². The summed E-state index contributed by atoms with van der Waals surface area (Å²) < 4.78 is 11.5. The van der Waals surface area contributed by atoms with E-state index in [-0.39, 0.29) is 84.1 Å². The van der Waals surface area contributed by atoms with Crippen LogP contribution in [0.4, 0.5) is 0 Å². The number of likely N-dealkylation sites (tertiary alicyclic amines) is 1. The van der Waals surface area contributed by atoms with Crippen molar-refractivity contribution in [2.75, 3.05) is 47.2 Å². The van der Waals surface area contributed by atoms with Crippen LogP contribution < -0.4 is 10.6 Å². The first kappa shape index (κ1) is 42.7. The van der Waals surface area contributed by atoms with Crippen molar-refractivity contribution in [3.8, 4) is 0 Å². The molecule has 2 amide bonds. The minimum Gasteiger partial charge on any atom is -0.465 e. The summed E-state index contributed by atoms with van der Waals surface area (Å²) in [6.45, 7) is 13.1. The number of amides is 2. The van der Waals surface area contributed by atoms with Crippen molar-refractivity contribution in [1.29, 1.82) is 0 Å². The Labute approximate surface area is 300 Å². The summed E-state index contributed by atoms with van der Waals surface area (Å²) in [5, 5.41) is 6.38. The standard InChI is InChI=1S/C38H64N4O6S/c1-11-27(6)36(39-24-30(43)35(25(2)3)40-38(46)37(26(4)5)41(7)8)31(47-9)22-33(44)42-20-15-18-29(42)32(49-10)23-34(45)48-21-19-28-16-13-12-14-17-28/h12-14,16-17,25-27,29,31-32,35-37,39H,11,15,18-24H2,1-10H3,(H,40,46). The highest BCUT2D eigenvalue weighted by molar-refractivity contribution is 7.99. The first-order valence-corrected chi connectivity index (χ1v) is 19.3. The summed E-state index contributed by atoms with van der Waals surface area (Å²) in [5.41, 5.74) is 1.12. The minimum atomic E-state index is -0.639. The molecule has 0 radical (unpaired) electrons. The fourth-order valence-electron chi connectivity index (χ4n) is 6.93. The van der Waals surface area contributed by atoms with Crippen LogP contribution in [-0.4, -0.2) is 116 Å². The number of ketones is 1. The zero-order valence-electron chi connectivity index (χ0n) is 31.7. The smallest absolute Gasteiger partial charge is 0.306 e. The molecule has 1 fully saturated rings. The number of hydrogen-bond donors (Lipinski definition) is 2. The number of ether oxygens (including phenoxy) is 2. The van der Waals surface area contributed by atoms with Crippen LogP contribution >= 0.6 is 11.8 Å². The Balaban J connectivity index is 2.06. The Morgan fingerprint density at radius 3 is 2.24 bits per heavy atom. The summed E-state index contributed by atoms with van der Waals surface area (Å²) in [5.74, 6) is -0.392. The summed E-state index contributed by atoms with van der Waals surface area (Å²) in [6.07, 6.45) is 5.14. The third kappa shape index (κ3) is 13.3. The van der Waals surface area contributed by atoms with Crippen molar-refractivity contribution < 1.29 is 28.7 Å². The number of esters is 1. The number of thioether (sulfide) groups is 1. The molecule has 278 valence electrons. The van der Waals surface area contributed by atoms with Gasteiger partial charge >= 0.3 is 5.97 Å². The number of rotatable bonds is 22. The molecule has 7 unspecified atom stereocenters. The average Bonchev–Trinajstić information content (AvgIpc) is 3.55. The first-order valence-electron chi connectivity index (χ1n) is 18.0. The van der Waals surface area contributed by atoms with Crippen LogP contribution in [0, 0.1) is 17.8 Å². The Hall–Kier alpha value is -2.47. The second-order valence-electron chi connectivity index (χ2n) is 14.4. The fraction of sp³-hybridized carbons (Fsp3) is 0.737. The maximum absolute atomic E-state index is 13.9. The number of likely N-dealkylation sites (N-methyl/N-ethyl adjacent to an activating group) is 1. The first-order chi connectivity index (χ1) is 23.2. The molecule has 1 aromatic carbocycles. The summed E-state index contributed by atoms with van der Waals surface area (Å²) in [7, 11) is 5.35. The van der Waals surface area contributed by atoms with Crippen LogP contribution in [0.1, 0.15) is 79.2 Å². The van der Waals surface area contributed by atoms with Crippen molar-refractivity contribution in [3.05, 3.63) is 35.9 Å². The number of benzene rings is 1. The van der Waals surface area contributed by atoms with Gasteiger partial charge in [0.1, 0.15) is 0 Å². The monoisotopic (exact) mass is 704 g/mol. The molecule has 2 rings (SSSR count). The van der Waals surface area contributed by atoms with Crippen LogP contribution in [0.2, 0.25) is 0 Å². The van der Waals surface area contributed by atoms with E-state index in [1.54, 1.807) is 18.9 Å². The van der Waals surface area contributed by atoms with Crippen LogP contribution in [-0.2, 0) is 35.1 Å². The molecule has 1 heterocycles. The summed E-state index contributed by atoms with van der Waals surface area (Å²) in [6, 6.07) is 8.64. The van der Waals surface area contributed by atoms with E-state index in [2.05, 4.69) is 24.5 Å². The molecule has 1 aromatic rings. The Kier molecular flexibility index (Phi) is 18.9. The molecule has 0 spiro atoms. The lowest BCUT2D eigenvalue weighted by molar-refractivity contribution is -0.144. The van der Waals surface area contributed by atoms with Crippen molar-refractivity contribution in [3.63, 3.8) is 0 Å². The molecule has 0 aromatic heterocycles. The third-order valence-corrected chi connectivity index (χ3v) is 10.9. The van der Waals surface area contributed by atoms with Gasteiger partial charge in [-0.2, -0.15) is 11.8 Å². The van der Waals surface area contributed by atoms with Gasteiger partial charge in [-0.05, 0) is 56.5 Å². The van der Waals surface area contributed by atoms with Crippen LogP contribution in [0.3, 0.4) is 0 Å². The maximum Gasteiger partial charge on any atom is 0.306 e. The third-order valence-electron chi connectivity index (χ3n) is 9.83. The van der Waals surface area contributed by atoms with E-state index in [1.165, 1.54) is 0 Å². The molecule has 1 aliphatic heterocycles. The number of carbonyl (C=O) groups excluding carboxylic acids is 4. The van der Waals surface area contributed by atoms with Gasteiger partial charge in [-0.3, -0.25) is 24.1 Å². The van der Waals surface area contributed by atoms with Crippen molar-refractivity contribution in [2.45, 2.75) is 116 Å². The number of carbonyl (C=O) groups is 4. The van der Waals surface area contributed by atoms with Crippen molar-refractivity contribution in [2.24, 2.45) is 17.8 Å². The number of methoxy groups -OCH3 is 1. The van der Waals surface area contributed by atoms with Gasteiger partial charge in [0.05, 0.1) is 44.2 Å². The second kappa shape index (κ2) is 21.7. The minimum absolute atomic E-state index is 0.0111. The predicted molar refractivity (Wildman–Crippen MR) is 199 cm³/mol. The zero-order valence-corrected chi connectivity index (χ0v) is 32.5. The molecule has 0 saturated carbocycles. The van der Waals surface area contributed by atoms with E-state index in [9.17, 15) is 19.2 Å². The highest BCUT2D eigenvalue weighted by atomic mass is 32.2. The maximum atomic E-state index is 13.9. The molecule has 10 nitrogen and oxygen atoms in total. The van der Waals surface area contributed by atoms with E-state index in [0.717, 1.165) is 24.8 Å². The van der Waals surface area contributed by atoms with E-state index < -0.39 is 12.1 Å². The second-order valence-corrected chi connectivity index (χ2v) is 15.4. The van der Waals surface area contributed by atoms with Crippen molar-refractivity contribution in [1.82, 2.24) is 20.4 Å². The van der Waals surface area contributed by atoms with E-state index in [0.29, 0.717) is 19.6 Å². The Morgan fingerprint density at radius 1 is 1.02 bits per heavy atom. The molecule has 1 aliphatic rings. The fourth-order valence-corrected chi connectivity index (χ4v) is 7.83.